The van der Waals surface area contributed by atoms with Crippen LogP contribution >= 0.6 is 15.9 Å². The zero-order valence-electron chi connectivity index (χ0n) is 20.5. The van der Waals surface area contributed by atoms with E-state index in [4.69, 9.17) is 9.60 Å². The second kappa shape index (κ2) is 6.15. The molecule has 0 fully saturated rings. The molecule has 0 bridgehead atoms. The lowest BCUT2D eigenvalue weighted by atomic mass is 10.1. The summed E-state index contributed by atoms with van der Waals surface area (Å²) < 4.78 is 60.4. The van der Waals surface area contributed by atoms with E-state index in [0.717, 1.165) is 11.1 Å². The van der Waals surface area contributed by atoms with Crippen LogP contribution in [0.5, 0.6) is 0 Å². The molecule has 0 saturated heterocycles. The van der Waals surface area contributed by atoms with Crippen LogP contribution in [0.25, 0.3) is 38.6 Å². The highest BCUT2D eigenvalue weighted by Gasteiger charge is 2.13. The number of benzene rings is 4. The van der Waals surface area contributed by atoms with Crippen molar-refractivity contribution >= 4 is 37.7 Å². The first-order chi connectivity index (χ1) is 15.7. The van der Waals surface area contributed by atoms with Crippen molar-refractivity contribution in [1.29, 1.82) is 0 Å². The van der Waals surface area contributed by atoms with Gasteiger partial charge in [0.15, 0.2) is 0 Å². The van der Waals surface area contributed by atoms with Gasteiger partial charge in [0.25, 0.3) is 0 Å². The van der Waals surface area contributed by atoms with Gasteiger partial charge in [-0.3, -0.25) is 0 Å². The fourth-order valence-electron chi connectivity index (χ4n) is 3.23. The summed E-state index contributed by atoms with van der Waals surface area (Å²) in [6.45, 7) is 0. The summed E-state index contributed by atoms with van der Waals surface area (Å²) >= 11 is 3.36. The van der Waals surface area contributed by atoms with Gasteiger partial charge in [-0.15, -0.1) is 0 Å². The van der Waals surface area contributed by atoms with E-state index in [1.807, 2.05) is 54.6 Å². The van der Waals surface area contributed by atoms with E-state index in [-0.39, 0.29) is 63.2 Å². The lowest BCUT2D eigenvalue weighted by Crippen LogP contribution is -1.93. The first kappa shape index (κ1) is 9.75. The van der Waals surface area contributed by atoms with Crippen LogP contribution in [-0.4, -0.2) is 4.57 Å². The van der Waals surface area contributed by atoms with Crippen LogP contribution in [0.1, 0.15) is 9.60 Å². The quantitative estimate of drug-likeness (QED) is 0.292. The number of nitrogens with zero attached hydrogens (tertiary/aromatic N) is 1. The Morgan fingerprint density at radius 3 is 2.19 bits per heavy atom. The average molecular weight is 405 g/mol. The predicted molar refractivity (Wildman–Crippen MR) is 114 cm³/mol. The van der Waals surface area contributed by atoms with E-state index in [0.29, 0.717) is 11.1 Å². The summed E-state index contributed by atoms with van der Waals surface area (Å²) in [6.07, 6.45) is 0. The molecular formula is C24H16BrN. The highest BCUT2D eigenvalue weighted by Crippen LogP contribution is 2.36. The third kappa shape index (κ3) is 2.38. The molecule has 26 heavy (non-hydrogen) atoms. The molecule has 5 rings (SSSR count). The van der Waals surface area contributed by atoms with Crippen molar-refractivity contribution in [2.45, 2.75) is 0 Å². The molecule has 0 amide bonds. The molecule has 4 aromatic carbocycles. The fourth-order valence-corrected chi connectivity index (χ4v) is 3.71. The Balaban J connectivity index is 1.95. The lowest BCUT2D eigenvalue weighted by Gasteiger charge is -2.09. The van der Waals surface area contributed by atoms with E-state index >= 15 is 0 Å². The Bertz CT molecular complexity index is 1500. The van der Waals surface area contributed by atoms with Crippen molar-refractivity contribution in [3.8, 4) is 16.8 Å². The maximum absolute atomic E-state index is 8.61. The van der Waals surface area contributed by atoms with E-state index < -0.39 is 0 Å². The molecule has 2 heteroatoms. The van der Waals surface area contributed by atoms with Crippen molar-refractivity contribution in [2.24, 2.45) is 0 Å². The maximum Gasteiger partial charge on any atom is 0.0645 e. The second-order valence-corrected chi connectivity index (χ2v) is 6.68. The minimum atomic E-state index is -0.383. The number of hydrogen-bond donors (Lipinski definition) is 0. The Morgan fingerprint density at radius 1 is 0.692 bits per heavy atom. The molecule has 0 radical (unpaired) electrons. The molecule has 0 unspecified atom stereocenters. The smallest absolute Gasteiger partial charge is 0.0645 e. The number of halogens is 1. The summed E-state index contributed by atoms with van der Waals surface area (Å²) in [7, 11) is 0. The summed E-state index contributed by atoms with van der Waals surface area (Å²) in [5.74, 6) is 0. The van der Waals surface area contributed by atoms with E-state index in [9.17, 15) is 0 Å². The average Bonchev–Trinajstić information content (AvgIpc) is 3.20. The zero-order valence-corrected chi connectivity index (χ0v) is 15.1. The van der Waals surface area contributed by atoms with Crippen LogP contribution < -0.4 is 0 Å². The zero-order chi connectivity index (χ0) is 23.6. The molecule has 5 aromatic rings. The van der Waals surface area contributed by atoms with Gasteiger partial charge in [0.05, 0.1) is 20.6 Å². The van der Waals surface area contributed by atoms with Crippen LogP contribution in [0.4, 0.5) is 0 Å². The summed E-state index contributed by atoms with van der Waals surface area (Å²) in [4.78, 5) is 0. The first-order valence-corrected chi connectivity index (χ1v) is 8.88. The fraction of sp³-hybridized carbons (Fsp3) is 0. The van der Waals surface area contributed by atoms with Gasteiger partial charge < -0.3 is 4.57 Å². The molecule has 0 saturated carbocycles. The lowest BCUT2D eigenvalue weighted by molar-refractivity contribution is 1.18. The van der Waals surface area contributed by atoms with Crippen LogP contribution in [0.2, 0.25) is 0 Å². The van der Waals surface area contributed by atoms with Crippen molar-refractivity contribution in [3.63, 3.8) is 0 Å². The molecule has 0 spiro atoms. The highest BCUT2D eigenvalue weighted by molar-refractivity contribution is 9.10. The Labute approximate surface area is 170 Å². The molecular weight excluding hydrogens is 382 g/mol. The minimum absolute atomic E-state index is 0.196. The molecule has 1 heterocycles. The van der Waals surface area contributed by atoms with Crippen LogP contribution in [0.15, 0.2) is 101 Å². The molecule has 1 nitrogen and oxygen atoms in total. The van der Waals surface area contributed by atoms with Crippen molar-refractivity contribution < 1.29 is 9.60 Å². The molecule has 1 aromatic heterocycles. The summed E-state index contributed by atoms with van der Waals surface area (Å²) in [6, 6.07) is 15.4. The second-order valence-electron chi connectivity index (χ2n) is 5.88. The first-order valence-electron chi connectivity index (χ1n) is 11.6. The largest absolute Gasteiger partial charge is 0.309 e. The Kier molecular flexibility index (Phi) is 2.31. The summed E-state index contributed by atoms with van der Waals surface area (Å²) in [5, 5.41) is 0.548. The molecule has 0 aliphatic carbocycles. The molecule has 0 N–H and O–H groups in total. The van der Waals surface area contributed by atoms with Gasteiger partial charge in [0.2, 0.25) is 0 Å². The summed E-state index contributed by atoms with van der Waals surface area (Å²) in [5.41, 5.74) is 3.07. The molecule has 0 aliphatic heterocycles. The van der Waals surface area contributed by atoms with Gasteiger partial charge in [-0.05, 0) is 41.4 Å². The minimum Gasteiger partial charge on any atom is -0.309 e. The Hall–Kier alpha value is -2.84. The van der Waals surface area contributed by atoms with Gasteiger partial charge in [-0.25, -0.2) is 0 Å². The standard InChI is InChI=1S/C24H16BrN/c25-21-10-6-12-23-24(21)20-9-4-5-11-22(20)26(23)19-15-13-18(14-16-19)17-7-2-1-3-8-17/h1-16H/i4D,5D,6D,9D,10D,11D,12D. The topological polar surface area (TPSA) is 4.93 Å². The van der Waals surface area contributed by atoms with E-state index in [2.05, 4.69) is 15.9 Å². The predicted octanol–water partition coefficient (Wildman–Crippen LogP) is 7.21. The van der Waals surface area contributed by atoms with Crippen LogP contribution in [0.3, 0.4) is 0 Å². The number of aromatic nitrogens is 1. The van der Waals surface area contributed by atoms with Crippen molar-refractivity contribution in [3.05, 3.63) is 101 Å². The van der Waals surface area contributed by atoms with Crippen molar-refractivity contribution in [1.82, 2.24) is 4.57 Å². The van der Waals surface area contributed by atoms with Gasteiger partial charge in [0.1, 0.15) is 0 Å². The number of hydrogen-bond acceptors (Lipinski definition) is 0. The normalized spacial score (nSPS) is 15.0. The number of para-hydroxylation sites is 1. The van der Waals surface area contributed by atoms with Crippen LogP contribution in [-0.2, 0) is 0 Å². The van der Waals surface area contributed by atoms with Crippen LogP contribution in [0, 0.1) is 0 Å². The van der Waals surface area contributed by atoms with Gasteiger partial charge in [0, 0.05) is 20.9 Å². The van der Waals surface area contributed by atoms with Gasteiger partial charge in [-0.2, -0.15) is 0 Å². The molecule has 124 valence electrons. The maximum atomic E-state index is 8.61. The van der Waals surface area contributed by atoms with E-state index in [1.54, 1.807) is 4.57 Å². The molecule has 0 aliphatic rings. The van der Waals surface area contributed by atoms with Crippen molar-refractivity contribution in [2.75, 3.05) is 0 Å². The SMILES string of the molecule is [2H]c1c([2H])c([2H])c2c(c1[2H])c1c(Br)c([2H])c([2H])c([2H])c1n2-c1ccc(-c2ccccc2)cc1. The third-order valence-electron chi connectivity index (χ3n) is 4.41. The van der Waals surface area contributed by atoms with E-state index in [1.165, 1.54) is 0 Å². The molecule has 0 atom stereocenters. The monoisotopic (exact) mass is 404 g/mol. The third-order valence-corrected chi connectivity index (χ3v) is 5.00. The van der Waals surface area contributed by atoms with Gasteiger partial charge >= 0.3 is 0 Å². The number of fused-ring (bicyclic) bond motifs is 3. The number of rotatable bonds is 2. The van der Waals surface area contributed by atoms with Gasteiger partial charge in [-0.1, -0.05) is 82.6 Å². The Morgan fingerprint density at radius 2 is 1.38 bits per heavy atom. The highest BCUT2D eigenvalue weighted by atomic mass is 79.9.